The van der Waals surface area contributed by atoms with E-state index in [1.165, 1.54) is 24.3 Å². The van der Waals surface area contributed by atoms with Gasteiger partial charge in [-0.05, 0) is 42.3 Å². The van der Waals surface area contributed by atoms with Crippen molar-refractivity contribution in [3.05, 3.63) is 34.7 Å². The van der Waals surface area contributed by atoms with Crippen molar-refractivity contribution in [2.75, 3.05) is 5.23 Å². The van der Waals surface area contributed by atoms with Gasteiger partial charge in [0.25, 0.3) is 0 Å². The first kappa shape index (κ1) is 14.4. The summed E-state index contributed by atoms with van der Waals surface area (Å²) in [5, 5.41) is 20.6. The zero-order valence-corrected chi connectivity index (χ0v) is 10.9. The molecular weight excluding hydrogens is 264 g/mol. The molecule has 1 aromatic rings. The predicted octanol–water partition coefficient (Wildman–Crippen LogP) is 2.86. The first-order chi connectivity index (χ1) is 9.56. The minimum Gasteiger partial charge on any atom is -0.430 e. The second-order valence-corrected chi connectivity index (χ2v) is 4.82. The Morgan fingerprint density at radius 3 is 2.25 bits per heavy atom. The van der Waals surface area contributed by atoms with Crippen molar-refractivity contribution in [3.8, 4) is 0 Å². The normalized spacial score (nSPS) is 17.3. The number of hydrogen-bond acceptors (Lipinski definition) is 7. The third-order valence-electron chi connectivity index (χ3n) is 3.42. The van der Waals surface area contributed by atoms with E-state index in [4.69, 9.17) is 15.2 Å². The number of esters is 1. The summed E-state index contributed by atoms with van der Waals surface area (Å²) in [7, 11) is 0. The fourth-order valence-corrected chi connectivity index (χ4v) is 2.28. The van der Waals surface area contributed by atoms with Crippen LogP contribution in [0.3, 0.4) is 0 Å². The summed E-state index contributed by atoms with van der Waals surface area (Å²) >= 11 is 0. The third-order valence-corrected chi connectivity index (χ3v) is 3.42. The molecule has 0 radical (unpaired) electrons. The molecule has 1 aromatic carbocycles. The van der Waals surface area contributed by atoms with Gasteiger partial charge in [-0.3, -0.25) is 10.4 Å². The molecule has 20 heavy (non-hydrogen) atoms. The number of carbonyl (C=O) groups is 1. The molecule has 0 amide bonds. The zero-order valence-electron chi connectivity index (χ0n) is 10.9. The first-order valence-corrected chi connectivity index (χ1v) is 6.42. The summed E-state index contributed by atoms with van der Waals surface area (Å²) in [6.45, 7) is 0. The Morgan fingerprint density at radius 2 is 1.75 bits per heavy atom. The summed E-state index contributed by atoms with van der Waals surface area (Å²) < 4.78 is 5.26. The van der Waals surface area contributed by atoms with E-state index in [1.807, 2.05) is 0 Å². The Hall–Kier alpha value is -1.99. The van der Waals surface area contributed by atoms with E-state index in [1.54, 1.807) is 0 Å². The van der Waals surface area contributed by atoms with Gasteiger partial charge < -0.3 is 4.74 Å². The minimum absolute atomic E-state index is 0.0509. The number of benzene rings is 1. The molecule has 0 unspecified atom stereocenters. The van der Waals surface area contributed by atoms with Gasteiger partial charge in [0.1, 0.15) is 0 Å². The summed E-state index contributed by atoms with van der Waals surface area (Å²) in [5.41, 5.74) is -0.916. The Kier molecular flexibility index (Phi) is 4.31. The molecule has 1 fully saturated rings. The summed E-state index contributed by atoms with van der Waals surface area (Å²) in [6.07, 6.45) is 3.51. The lowest BCUT2D eigenvalue weighted by Gasteiger charge is -2.29. The van der Waals surface area contributed by atoms with Crippen molar-refractivity contribution in [2.24, 2.45) is 5.18 Å². The molecule has 108 valence electrons. The quantitative estimate of drug-likeness (QED) is 0.499. The minimum atomic E-state index is -1.26. The molecule has 1 aliphatic carbocycles. The highest BCUT2D eigenvalue weighted by molar-refractivity contribution is 5.90. The lowest BCUT2D eigenvalue weighted by molar-refractivity contribution is -0.0335. The fourth-order valence-electron chi connectivity index (χ4n) is 2.28. The van der Waals surface area contributed by atoms with Crippen molar-refractivity contribution >= 4 is 11.7 Å². The molecule has 0 bridgehead atoms. The molecule has 0 aromatic heterocycles. The number of nitroso groups, excluding NO2 is 1. The van der Waals surface area contributed by atoms with Gasteiger partial charge >= 0.3 is 5.97 Å². The molecule has 0 saturated heterocycles. The number of rotatable bonds is 4. The van der Waals surface area contributed by atoms with E-state index in [9.17, 15) is 9.70 Å². The maximum Gasteiger partial charge on any atom is 0.340 e. The molecule has 1 saturated carbocycles. The Morgan fingerprint density at radius 1 is 1.15 bits per heavy atom. The molecule has 1 aliphatic rings. The smallest absolute Gasteiger partial charge is 0.340 e. The maximum atomic E-state index is 12.0. The van der Waals surface area contributed by atoms with Crippen LogP contribution in [0.5, 0.6) is 0 Å². The molecule has 7 nitrogen and oxygen atoms in total. The number of nitrogens with zero attached hydrogens (tertiary/aromatic N) is 2. The van der Waals surface area contributed by atoms with E-state index < -0.39 is 11.7 Å². The number of hydrogen-bond donors (Lipinski definition) is 2. The van der Waals surface area contributed by atoms with Gasteiger partial charge in [-0.25, -0.2) is 4.79 Å². The highest BCUT2D eigenvalue weighted by Gasteiger charge is 2.37. The van der Waals surface area contributed by atoms with Crippen LogP contribution in [0.25, 0.3) is 0 Å². The van der Waals surface area contributed by atoms with Crippen molar-refractivity contribution < 1.29 is 19.9 Å². The predicted molar refractivity (Wildman–Crippen MR) is 69.5 cm³/mol. The number of ether oxygens (including phenoxy) is 1. The average molecular weight is 280 g/mol. The van der Waals surface area contributed by atoms with Crippen LogP contribution < -0.4 is 5.23 Å². The van der Waals surface area contributed by atoms with Gasteiger partial charge in [-0.2, -0.15) is 0 Å². The largest absolute Gasteiger partial charge is 0.430 e. The SMILES string of the molecule is O=NC1(OC(=O)c2ccc(N(O)O)cc2)CCCCC1. The average Bonchev–Trinajstić information content (AvgIpc) is 2.48. The van der Waals surface area contributed by atoms with Gasteiger partial charge in [0, 0.05) is 12.8 Å². The highest BCUT2D eigenvalue weighted by Crippen LogP contribution is 2.33. The van der Waals surface area contributed by atoms with Crippen LogP contribution in [0.2, 0.25) is 0 Å². The van der Waals surface area contributed by atoms with E-state index in [2.05, 4.69) is 5.18 Å². The van der Waals surface area contributed by atoms with E-state index in [0.717, 1.165) is 19.3 Å². The van der Waals surface area contributed by atoms with Gasteiger partial charge in [0.2, 0.25) is 5.72 Å². The fraction of sp³-hybridized carbons (Fsp3) is 0.462. The Balaban J connectivity index is 2.08. The van der Waals surface area contributed by atoms with Gasteiger partial charge in [0.05, 0.1) is 11.3 Å². The van der Waals surface area contributed by atoms with Gasteiger partial charge in [0.15, 0.2) is 0 Å². The van der Waals surface area contributed by atoms with Crippen molar-refractivity contribution in [2.45, 2.75) is 37.8 Å². The van der Waals surface area contributed by atoms with E-state index >= 15 is 0 Å². The first-order valence-electron chi connectivity index (χ1n) is 6.42. The molecule has 0 spiro atoms. The lowest BCUT2D eigenvalue weighted by atomic mass is 9.92. The van der Waals surface area contributed by atoms with Gasteiger partial charge in [-0.15, -0.1) is 10.1 Å². The molecule has 7 heteroatoms. The highest BCUT2D eigenvalue weighted by atomic mass is 16.8. The summed E-state index contributed by atoms with van der Waals surface area (Å²) in [5.74, 6) is -0.638. The summed E-state index contributed by atoms with van der Waals surface area (Å²) in [4.78, 5) is 23.0. The molecular formula is C13H16N2O5. The van der Waals surface area contributed by atoms with Crippen LogP contribution >= 0.6 is 0 Å². The maximum absolute atomic E-state index is 12.0. The molecule has 0 atom stereocenters. The van der Waals surface area contributed by atoms with Gasteiger partial charge in [-0.1, -0.05) is 6.42 Å². The molecule has 2 N–H and O–H groups in total. The molecule has 0 aliphatic heterocycles. The molecule has 2 rings (SSSR count). The zero-order chi connectivity index (χ0) is 14.6. The number of carbonyl (C=O) groups excluding carboxylic acids is 1. The standard InChI is InChI=1S/C13H16N2O5/c16-12(10-4-6-11(7-5-10)15(18)19)20-13(14-17)8-2-1-3-9-13/h4-7,18-19H,1-3,8-9H2. The van der Waals surface area contributed by atoms with Crippen LogP contribution in [-0.2, 0) is 4.74 Å². The molecule has 0 heterocycles. The van der Waals surface area contributed by atoms with Crippen LogP contribution in [-0.4, -0.2) is 22.1 Å². The van der Waals surface area contributed by atoms with Crippen LogP contribution in [0.15, 0.2) is 29.4 Å². The van der Waals surface area contributed by atoms with Crippen LogP contribution in [0.4, 0.5) is 5.69 Å². The van der Waals surface area contributed by atoms with Crippen molar-refractivity contribution in [1.82, 2.24) is 0 Å². The van der Waals surface area contributed by atoms with E-state index in [0.29, 0.717) is 12.8 Å². The topological polar surface area (TPSA) is 99.4 Å². The lowest BCUT2D eigenvalue weighted by Crippen LogP contribution is -2.34. The van der Waals surface area contributed by atoms with Crippen molar-refractivity contribution in [3.63, 3.8) is 0 Å². The second kappa shape index (κ2) is 5.98. The van der Waals surface area contributed by atoms with Crippen molar-refractivity contribution in [1.29, 1.82) is 0 Å². The Bertz CT molecular complexity index is 480. The van der Waals surface area contributed by atoms with Crippen LogP contribution in [0, 0.1) is 4.91 Å². The Labute approximate surface area is 115 Å². The summed E-state index contributed by atoms with van der Waals surface area (Å²) in [6, 6.07) is 5.47. The third kappa shape index (κ3) is 3.12. The van der Waals surface area contributed by atoms with Crippen LogP contribution in [0.1, 0.15) is 42.5 Å². The second-order valence-electron chi connectivity index (χ2n) is 4.82. The number of anilines is 1. The van der Waals surface area contributed by atoms with E-state index in [-0.39, 0.29) is 16.5 Å². The monoisotopic (exact) mass is 280 g/mol.